The second-order valence-electron chi connectivity index (χ2n) is 5.30. The second kappa shape index (κ2) is 4.63. The number of carbonyl (C=O) groups excluding carboxylic acids is 1. The third-order valence-corrected chi connectivity index (χ3v) is 4.04. The predicted octanol–water partition coefficient (Wildman–Crippen LogP) is 2.11. The number of amides is 1. The van der Waals surface area contributed by atoms with E-state index in [1.54, 1.807) is 0 Å². The van der Waals surface area contributed by atoms with Gasteiger partial charge in [0.2, 0.25) is 0 Å². The molecule has 3 nitrogen and oxygen atoms in total. The van der Waals surface area contributed by atoms with Crippen LogP contribution in [0, 0.1) is 11.8 Å². The van der Waals surface area contributed by atoms with Crippen molar-refractivity contribution in [3.05, 3.63) is 29.8 Å². The van der Waals surface area contributed by atoms with E-state index in [-0.39, 0.29) is 12.5 Å². The van der Waals surface area contributed by atoms with Gasteiger partial charge in [-0.1, -0.05) is 25.1 Å². The molecule has 18 heavy (non-hydrogen) atoms. The highest BCUT2D eigenvalue weighted by atomic mass is 16.5. The minimum Gasteiger partial charge on any atom is -0.483 e. The average molecular weight is 245 g/mol. The van der Waals surface area contributed by atoms with Gasteiger partial charge in [0.25, 0.3) is 5.91 Å². The number of hydrogen-bond acceptors (Lipinski definition) is 2. The third kappa shape index (κ3) is 2.22. The molecule has 1 aliphatic heterocycles. The summed E-state index contributed by atoms with van der Waals surface area (Å²) in [5.41, 5.74) is 1.16. The molecule has 1 heterocycles. The zero-order chi connectivity index (χ0) is 12.5. The molecule has 96 valence electrons. The van der Waals surface area contributed by atoms with Gasteiger partial charge in [0, 0.05) is 13.1 Å². The van der Waals surface area contributed by atoms with Crippen molar-refractivity contribution in [2.75, 3.05) is 19.7 Å². The number of carbonyl (C=O) groups is 1. The zero-order valence-electron chi connectivity index (χ0n) is 10.8. The number of ether oxygens (including phenoxy) is 1. The summed E-state index contributed by atoms with van der Waals surface area (Å²) in [7, 11) is 0. The van der Waals surface area contributed by atoms with Crippen LogP contribution >= 0.6 is 0 Å². The summed E-state index contributed by atoms with van der Waals surface area (Å²) < 4.78 is 5.66. The van der Waals surface area contributed by atoms with Crippen molar-refractivity contribution in [1.29, 1.82) is 0 Å². The molecule has 2 atom stereocenters. The number of nitrogens with zero attached hydrogens (tertiary/aromatic N) is 1. The second-order valence-corrected chi connectivity index (χ2v) is 5.30. The first kappa shape index (κ1) is 11.6. The fourth-order valence-corrected chi connectivity index (χ4v) is 2.77. The molecule has 1 aromatic carbocycles. The molecule has 0 bridgehead atoms. The Labute approximate surface area is 108 Å². The van der Waals surface area contributed by atoms with E-state index < -0.39 is 0 Å². The van der Waals surface area contributed by atoms with Crippen molar-refractivity contribution in [2.24, 2.45) is 11.8 Å². The standard InChI is InChI=1S/C15H19NO2/c1-2-11-5-3-4-6-14(11)18-10-15(17)16-8-12-7-13(12)9-16/h3-6,12-13H,2,7-10H2,1H3. The number of piperidine rings is 1. The lowest BCUT2D eigenvalue weighted by atomic mass is 10.1. The van der Waals surface area contributed by atoms with Crippen molar-refractivity contribution < 1.29 is 9.53 Å². The first-order valence-corrected chi connectivity index (χ1v) is 6.76. The van der Waals surface area contributed by atoms with Crippen molar-refractivity contribution >= 4 is 5.91 Å². The number of para-hydroxylation sites is 1. The lowest BCUT2D eigenvalue weighted by Crippen LogP contribution is -2.34. The van der Waals surface area contributed by atoms with Crippen molar-refractivity contribution in [3.63, 3.8) is 0 Å². The molecule has 1 aromatic rings. The predicted molar refractivity (Wildman–Crippen MR) is 69.5 cm³/mol. The number of aryl methyl sites for hydroxylation is 1. The summed E-state index contributed by atoms with van der Waals surface area (Å²) >= 11 is 0. The minimum absolute atomic E-state index is 0.133. The molecule has 2 aliphatic rings. The molecular formula is C15H19NO2. The van der Waals surface area contributed by atoms with Crippen molar-refractivity contribution in [1.82, 2.24) is 4.90 Å². The molecule has 3 rings (SSSR count). The van der Waals surface area contributed by atoms with Gasteiger partial charge in [-0.3, -0.25) is 4.79 Å². The zero-order valence-corrected chi connectivity index (χ0v) is 10.8. The van der Waals surface area contributed by atoms with Crippen LogP contribution in [0.3, 0.4) is 0 Å². The SMILES string of the molecule is CCc1ccccc1OCC(=O)N1CC2CC2C1. The molecule has 0 aromatic heterocycles. The maximum atomic E-state index is 12.0. The Morgan fingerprint density at radius 3 is 2.78 bits per heavy atom. The van der Waals surface area contributed by atoms with Crippen LogP contribution in [0.15, 0.2) is 24.3 Å². The van der Waals surface area contributed by atoms with Crippen LogP contribution in [-0.2, 0) is 11.2 Å². The van der Waals surface area contributed by atoms with Crippen LogP contribution in [-0.4, -0.2) is 30.5 Å². The van der Waals surface area contributed by atoms with Crippen LogP contribution in [0.1, 0.15) is 18.9 Å². The van der Waals surface area contributed by atoms with Gasteiger partial charge in [0.15, 0.2) is 6.61 Å². The Hall–Kier alpha value is -1.51. The van der Waals surface area contributed by atoms with Gasteiger partial charge in [-0.2, -0.15) is 0 Å². The Morgan fingerprint density at radius 1 is 1.33 bits per heavy atom. The van der Waals surface area contributed by atoms with Crippen molar-refractivity contribution in [3.8, 4) is 5.75 Å². The number of hydrogen-bond donors (Lipinski definition) is 0. The maximum Gasteiger partial charge on any atom is 0.260 e. The molecule has 0 radical (unpaired) electrons. The van der Waals surface area contributed by atoms with Crippen LogP contribution in [0.25, 0.3) is 0 Å². The van der Waals surface area contributed by atoms with Gasteiger partial charge < -0.3 is 9.64 Å². The molecule has 0 spiro atoms. The largest absolute Gasteiger partial charge is 0.483 e. The molecular weight excluding hydrogens is 226 g/mol. The topological polar surface area (TPSA) is 29.5 Å². The van der Waals surface area contributed by atoms with E-state index in [0.29, 0.717) is 0 Å². The molecule has 2 fully saturated rings. The Bertz CT molecular complexity index is 448. The van der Waals surface area contributed by atoms with E-state index in [0.717, 1.165) is 42.7 Å². The van der Waals surface area contributed by atoms with Crippen molar-refractivity contribution in [2.45, 2.75) is 19.8 Å². The van der Waals surface area contributed by atoms with Gasteiger partial charge in [-0.05, 0) is 36.3 Å². The molecule has 2 unspecified atom stereocenters. The fourth-order valence-electron chi connectivity index (χ4n) is 2.77. The quantitative estimate of drug-likeness (QED) is 0.813. The monoisotopic (exact) mass is 245 g/mol. The first-order chi connectivity index (χ1) is 8.78. The smallest absolute Gasteiger partial charge is 0.260 e. The van der Waals surface area contributed by atoms with Gasteiger partial charge in [0.05, 0.1) is 0 Å². The van der Waals surface area contributed by atoms with Crippen LogP contribution in [0.2, 0.25) is 0 Å². The molecule has 1 saturated carbocycles. The van der Waals surface area contributed by atoms with Gasteiger partial charge >= 0.3 is 0 Å². The highest BCUT2D eigenvalue weighted by molar-refractivity contribution is 5.78. The summed E-state index contributed by atoms with van der Waals surface area (Å²) in [5.74, 6) is 2.56. The van der Waals surface area contributed by atoms with E-state index in [4.69, 9.17) is 4.74 Å². The lowest BCUT2D eigenvalue weighted by molar-refractivity contribution is -0.132. The Kier molecular flexibility index (Phi) is 2.98. The summed E-state index contributed by atoms with van der Waals surface area (Å²) in [6.45, 7) is 4.17. The highest BCUT2D eigenvalue weighted by Gasteiger charge is 2.46. The number of rotatable bonds is 4. The number of benzene rings is 1. The Balaban J connectivity index is 1.55. The lowest BCUT2D eigenvalue weighted by Gasteiger charge is -2.18. The summed E-state index contributed by atoms with van der Waals surface area (Å²) in [5, 5.41) is 0. The van der Waals surface area contributed by atoms with Gasteiger partial charge in [-0.25, -0.2) is 0 Å². The van der Waals surface area contributed by atoms with Gasteiger partial charge in [-0.15, -0.1) is 0 Å². The number of likely N-dealkylation sites (tertiary alicyclic amines) is 1. The van der Waals surface area contributed by atoms with E-state index in [1.165, 1.54) is 6.42 Å². The normalized spacial score (nSPS) is 24.8. The van der Waals surface area contributed by atoms with Gasteiger partial charge in [0.1, 0.15) is 5.75 Å². The molecule has 1 saturated heterocycles. The molecule has 1 aliphatic carbocycles. The minimum atomic E-state index is 0.133. The first-order valence-electron chi connectivity index (χ1n) is 6.76. The maximum absolute atomic E-state index is 12.0. The van der Waals surface area contributed by atoms with E-state index in [9.17, 15) is 4.79 Å². The fraction of sp³-hybridized carbons (Fsp3) is 0.533. The molecule has 1 amide bonds. The van der Waals surface area contributed by atoms with E-state index in [1.807, 2.05) is 29.2 Å². The van der Waals surface area contributed by atoms with Crippen LogP contribution in [0.5, 0.6) is 5.75 Å². The Morgan fingerprint density at radius 2 is 2.06 bits per heavy atom. The number of fused-ring (bicyclic) bond motifs is 1. The summed E-state index contributed by atoms with van der Waals surface area (Å²) in [4.78, 5) is 13.9. The summed E-state index contributed by atoms with van der Waals surface area (Å²) in [6.07, 6.45) is 2.25. The van der Waals surface area contributed by atoms with Crippen LogP contribution in [0.4, 0.5) is 0 Å². The third-order valence-electron chi connectivity index (χ3n) is 4.04. The molecule has 0 N–H and O–H groups in total. The van der Waals surface area contributed by atoms with E-state index >= 15 is 0 Å². The summed E-state index contributed by atoms with van der Waals surface area (Å²) in [6, 6.07) is 7.93. The molecule has 3 heteroatoms. The average Bonchev–Trinajstić information content (AvgIpc) is 3.02. The highest BCUT2D eigenvalue weighted by Crippen LogP contribution is 2.44. The van der Waals surface area contributed by atoms with Crippen LogP contribution < -0.4 is 4.74 Å². The van der Waals surface area contributed by atoms with E-state index in [2.05, 4.69) is 6.92 Å².